The Hall–Kier alpha value is -1.27. The normalized spacial score (nSPS) is 11.0. The molecule has 0 N–H and O–H groups in total. The molecular weight excluding hydrogens is 276 g/mol. The Morgan fingerprint density at radius 3 is 1.67 bits per heavy atom. The Morgan fingerprint density at radius 1 is 0.619 bits per heavy atom. The molecule has 2 rings (SSSR count). The quantitative estimate of drug-likeness (QED) is 0.629. The Balaban J connectivity index is 2.54. The second-order valence-corrected chi connectivity index (χ2v) is 6.70. The van der Waals surface area contributed by atoms with Crippen LogP contribution in [0.5, 0.6) is 0 Å². The van der Waals surface area contributed by atoms with Gasteiger partial charge in [-0.3, -0.25) is 0 Å². The van der Waals surface area contributed by atoms with E-state index in [0.717, 1.165) is 11.4 Å². The molecule has 0 aliphatic heterocycles. The standard InChI is InChI=1S/C20H25Cl/c1-11-8-18(15(5)13(3)12(11)2)9-19-10-20(21)17(7)14(4)16(19)6/h8,10H,9H2,1-7H3. The molecule has 1 heteroatoms. The van der Waals surface area contributed by atoms with E-state index in [1.54, 1.807) is 0 Å². The first-order chi connectivity index (χ1) is 9.73. The van der Waals surface area contributed by atoms with E-state index in [4.69, 9.17) is 11.6 Å². The highest BCUT2D eigenvalue weighted by molar-refractivity contribution is 6.31. The van der Waals surface area contributed by atoms with Crippen molar-refractivity contribution < 1.29 is 0 Å². The summed E-state index contributed by atoms with van der Waals surface area (Å²) in [6.45, 7) is 15.3. The number of halogens is 1. The lowest BCUT2D eigenvalue weighted by molar-refractivity contribution is 1.07. The van der Waals surface area contributed by atoms with Gasteiger partial charge in [-0.15, -0.1) is 0 Å². The first-order valence-electron chi connectivity index (χ1n) is 7.55. The summed E-state index contributed by atoms with van der Waals surface area (Å²) in [5, 5.41) is 0.881. The molecule has 0 nitrogen and oxygen atoms in total. The van der Waals surface area contributed by atoms with Gasteiger partial charge in [0.15, 0.2) is 0 Å². The number of hydrogen-bond acceptors (Lipinski definition) is 0. The smallest absolute Gasteiger partial charge is 0.0440 e. The van der Waals surface area contributed by atoms with Gasteiger partial charge in [0.05, 0.1) is 0 Å². The van der Waals surface area contributed by atoms with Crippen molar-refractivity contribution in [3.63, 3.8) is 0 Å². The van der Waals surface area contributed by atoms with Crippen molar-refractivity contribution in [1.82, 2.24) is 0 Å². The lowest BCUT2D eigenvalue weighted by Gasteiger charge is -2.17. The van der Waals surface area contributed by atoms with Crippen molar-refractivity contribution >= 4 is 11.6 Å². The summed E-state index contributed by atoms with van der Waals surface area (Å²) in [4.78, 5) is 0. The number of hydrogen-bond donors (Lipinski definition) is 0. The molecule has 0 saturated heterocycles. The van der Waals surface area contributed by atoms with E-state index in [2.05, 4.69) is 60.6 Å². The fourth-order valence-electron chi connectivity index (χ4n) is 2.94. The van der Waals surface area contributed by atoms with Crippen molar-refractivity contribution in [3.05, 3.63) is 67.2 Å². The summed E-state index contributed by atoms with van der Waals surface area (Å²) in [5.41, 5.74) is 12.2. The maximum absolute atomic E-state index is 6.38. The summed E-state index contributed by atoms with van der Waals surface area (Å²) in [6.07, 6.45) is 0.959. The van der Waals surface area contributed by atoms with Gasteiger partial charge in [-0.25, -0.2) is 0 Å². The molecule has 0 radical (unpaired) electrons. The van der Waals surface area contributed by atoms with E-state index < -0.39 is 0 Å². The fourth-order valence-corrected chi connectivity index (χ4v) is 3.21. The van der Waals surface area contributed by atoms with Gasteiger partial charge in [0, 0.05) is 5.02 Å². The molecule has 0 atom stereocenters. The molecule has 0 aliphatic rings. The topological polar surface area (TPSA) is 0 Å². The average molecular weight is 301 g/mol. The third kappa shape index (κ3) is 2.87. The molecule has 0 heterocycles. The molecule has 0 fully saturated rings. The molecule has 0 bridgehead atoms. The number of aryl methyl sites for hydroxylation is 1. The highest BCUT2D eigenvalue weighted by Gasteiger charge is 2.12. The van der Waals surface area contributed by atoms with Crippen molar-refractivity contribution in [2.24, 2.45) is 0 Å². The fraction of sp³-hybridized carbons (Fsp3) is 0.400. The van der Waals surface area contributed by atoms with Crippen molar-refractivity contribution in [2.75, 3.05) is 0 Å². The van der Waals surface area contributed by atoms with E-state index in [1.165, 1.54) is 50.1 Å². The van der Waals surface area contributed by atoms with Gasteiger partial charge < -0.3 is 0 Å². The Bertz CT molecular complexity index is 647. The van der Waals surface area contributed by atoms with Crippen LogP contribution in [0.15, 0.2) is 12.1 Å². The Labute approximate surface area is 134 Å². The van der Waals surface area contributed by atoms with Crippen LogP contribution < -0.4 is 0 Å². The molecule has 2 aromatic rings. The van der Waals surface area contributed by atoms with Crippen LogP contribution in [0.3, 0.4) is 0 Å². The Morgan fingerprint density at radius 2 is 1.10 bits per heavy atom. The minimum Gasteiger partial charge on any atom is -0.0840 e. The minimum atomic E-state index is 0.881. The predicted octanol–water partition coefficient (Wildman–Crippen LogP) is 6.09. The number of rotatable bonds is 2. The third-order valence-electron chi connectivity index (χ3n) is 5.24. The minimum absolute atomic E-state index is 0.881. The second kappa shape index (κ2) is 5.85. The zero-order valence-electron chi connectivity index (χ0n) is 14.2. The molecule has 0 aromatic heterocycles. The molecule has 0 saturated carbocycles. The summed E-state index contributed by atoms with van der Waals surface area (Å²) in [5.74, 6) is 0. The van der Waals surface area contributed by atoms with Crippen molar-refractivity contribution in [3.8, 4) is 0 Å². The first-order valence-corrected chi connectivity index (χ1v) is 7.93. The van der Waals surface area contributed by atoms with Crippen LogP contribution in [-0.4, -0.2) is 0 Å². The van der Waals surface area contributed by atoms with Crippen LogP contribution in [0.1, 0.15) is 50.1 Å². The monoisotopic (exact) mass is 300 g/mol. The van der Waals surface area contributed by atoms with Crippen LogP contribution in [0.4, 0.5) is 0 Å². The van der Waals surface area contributed by atoms with Crippen LogP contribution in [0.25, 0.3) is 0 Å². The zero-order chi connectivity index (χ0) is 15.9. The molecule has 0 spiro atoms. The van der Waals surface area contributed by atoms with Crippen LogP contribution >= 0.6 is 11.6 Å². The maximum Gasteiger partial charge on any atom is 0.0440 e. The average Bonchev–Trinajstić information content (AvgIpc) is 2.45. The zero-order valence-corrected chi connectivity index (χ0v) is 15.0. The molecule has 2 aromatic carbocycles. The van der Waals surface area contributed by atoms with Gasteiger partial charge in [-0.1, -0.05) is 17.7 Å². The summed E-state index contributed by atoms with van der Waals surface area (Å²) < 4.78 is 0. The SMILES string of the molecule is Cc1cc(Cc2cc(Cl)c(C)c(C)c2C)c(C)c(C)c1C. The van der Waals surface area contributed by atoms with Crippen molar-refractivity contribution in [1.29, 1.82) is 0 Å². The molecule has 0 aliphatic carbocycles. The number of benzene rings is 2. The van der Waals surface area contributed by atoms with Crippen LogP contribution in [0, 0.1) is 48.5 Å². The summed E-state index contributed by atoms with van der Waals surface area (Å²) in [7, 11) is 0. The maximum atomic E-state index is 6.38. The van der Waals surface area contributed by atoms with E-state index in [1.807, 2.05) is 0 Å². The Kier molecular flexibility index (Phi) is 4.49. The first kappa shape index (κ1) is 16.1. The van der Waals surface area contributed by atoms with Crippen molar-refractivity contribution in [2.45, 2.75) is 54.9 Å². The largest absolute Gasteiger partial charge is 0.0840 e. The van der Waals surface area contributed by atoms with Gasteiger partial charge in [-0.2, -0.15) is 0 Å². The van der Waals surface area contributed by atoms with E-state index in [9.17, 15) is 0 Å². The van der Waals surface area contributed by atoms with E-state index in [0.29, 0.717) is 0 Å². The summed E-state index contributed by atoms with van der Waals surface area (Å²) >= 11 is 6.38. The molecular formula is C20H25Cl. The van der Waals surface area contributed by atoms with Crippen LogP contribution in [0.2, 0.25) is 5.02 Å². The van der Waals surface area contributed by atoms with Gasteiger partial charge in [0.1, 0.15) is 0 Å². The van der Waals surface area contributed by atoms with E-state index >= 15 is 0 Å². The van der Waals surface area contributed by atoms with Gasteiger partial charge in [0.25, 0.3) is 0 Å². The lowest BCUT2D eigenvalue weighted by Crippen LogP contribution is -2.02. The van der Waals surface area contributed by atoms with Gasteiger partial charge in [0.2, 0.25) is 0 Å². The van der Waals surface area contributed by atoms with Gasteiger partial charge in [-0.05, 0) is 111 Å². The summed E-state index contributed by atoms with van der Waals surface area (Å²) in [6, 6.07) is 4.48. The highest BCUT2D eigenvalue weighted by atomic mass is 35.5. The third-order valence-corrected chi connectivity index (χ3v) is 5.63. The predicted molar refractivity (Wildman–Crippen MR) is 93.9 cm³/mol. The van der Waals surface area contributed by atoms with Gasteiger partial charge >= 0.3 is 0 Å². The molecule has 0 amide bonds. The second-order valence-electron chi connectivity index (χ2n) is 6.30. The lowest BCUT2D eigenvalue weighted by atomic mass is 9.89. The molecule has 0 unspecified atom stereocenters. The molecule has 21 heavy (non-hydrogen) atoms. The van der Waals surface area contributed by atoms with Crippen LogP contribution in [-0.2, 0) is 6.42 Å². The highest BCUT2D eigenvalue weighted by Crippen LogP contribution is 2.29. The van der Waals surface area contributed by atoms with E-state index in [-0.39, 0.29) is 0 Å². The molecule has 112 valence electrons.